The van der Waals surface area contributed by atoms with Gasteiger partial charge in [-0.15, -0.1) is 0 Å². The van der Waals surface area contributed by atoms with Gasteiger partial charge in [0.05, 0.1) is 6.54 Å². The second-order valence-electron chi connectivity index (χ2n) is 8.95. The van der Waals surface area contributed by atoms with E-state index in [0.29, 0.717) is 30.1 Å². The fraction of sp³-hybridized carbons (Fsp3) is 0.609. The van der Waals surface area contributed by atoms with E-state index >= 15 is 0 Å². The summed E-state index contributed by atoms with van der Waals surface area (Å²) in [5.41, 5.74) is 2.17. The summed E-state index contributed by atoms with van der Waals surface area (Å²) in [7, 11) is 0. The lowest BCUT2D eigenvalue weighted by Gasteiger charge is -2.33. The molecule has 6 heteroatoms. The zero-order chi connectivity index (χ0) is 21.0. The van der Waals surface area contributed by atoms with Crippen LogP contribution >= 0.6 is 0 Å². The summed E-state index contributed by atoms with van der Waals surface area (Å²) in [4.78, 5) is 19.5. The van der Waals surface area contributed by atoms with Crippen molar-refractivity contribution in [3.63, 3.8) is 0 Å². The van der Waals surface area contributed by atoms with Gasteiger partial charge in [0, 0.05) is 17.5 Å². The van der Waals surface area contributed by atoms with Gasteiger partial charge in [0.2, 0.25) is 17.6 Å². The molecule has 1 amide bonds. The Kier molecular flexibility index (Phi) is 7.06. The first-order valence-corrected chi connectivity index (χ1v) is 10.8. The topological polar surface area (TPSA) is 71.3 Å². The number of benzene rings is 1. The summed E-state index contributed by atoms with van der Waals surface area (Å²) in [6.07, 6.45) is 1.74. The molecule has 1 aromatic heterocycles. The number of amides is 1. The summed E-state index contributed by atoms with van der Waals surface area (Å²) in [6.45, 7) is 13.1. The monoisotopic (exact) mass is 398 g/mol. The fourth-order valence-corrected chi connectivity index (χ4v) is 4.07. The molecule has 158 valence electrons. The second kappa shape index (κ2) is 9.53. The maximum atomic E-state index is 12.7. The molecule has 2 heterocycles. The highest BCUT2D eigenvalue weighted by Crippen LogP contribution is 2.22. The van der Waals surface area contributed by atoms with Crippen molar-refractivity contribution in [2.45, 2.75) is 60.0 Å². The van der Waals surface area contributed by atoms with Crippen LogP contribution in [0, 0.1) is 24.7 Å². The molecule has 0 atom stereocenters. The highest BCUT2D eigenvalue weighted by molar-refractivity contribution is 5.79. The van der Waals surface area contributed by atoms with Crippen LogP contribution < -0.4 is 5.32 Å². The van der Waals surface area contributed by atoms with Gasteiger partial charge in [0.15, 0.2) is 0 Å². The number of hydrogen-bond donors (Lipinski definition) is 1. The fourth-order valence-electron chi connectivity index (χ4n) is 4.07. The maximum Gasteiger partial charge on any atom is 0.241 e. The van der Waals surface area contributed by atoms with Crippen molar-refractivity contribution < 1.29 is 9.32 Å². The zero-order valence-electron chi connectivity index (χ0n) is 18.3. The molecule has 1 aliphatic heterocycles. The highest BCUT2D eigenvalue weighted by Gasteiger charge is 2.28. The molecule has 1 N–H and O–H groups in total. The normalized spacial score (nSPS) is 16.1. The number of likely N-dealkylation sites (tertiary alicyclic amines) is 1. The minimum atomic E-state index is 0.0945. The van der Waals surface area contributed by atoms with Crippen molar-refractivity contribution in [3.05, 3.63) is 35.7 Å². The molecule has 0 saturated carbocycles. The van der Waals surface area contributed by atoms with Crippen LogP contribution in [0.3, 0.4) is 0 Å². The average molecular weight is 399 g/mol. The van der Waals surface area contributed by atoms with Crippen LogP contribution in [0.5, 0.6) is 0 Å². The summed E-state index contributed by atoms with van der Waals surface area (Å²) in [6, 6.07) is 8.35. The van der Waals surface area contributed by atoms with Crippen LogP contribution in [0.15, 0.2) is 28.8 Å². The summed E-state index contributed by atoms with van der Waals surface area (Å²) >= 11 is 0. The van der Waals surface area contributed by atoms with E-state index < -0.39 is 0 Å². The van der Waals surface area contributed by atoms with Gasteiger partial charge < -0.3 is 9.84 Å². The lowest BCUT2D eigenvalue weighted by atomic mass is 9.90. The lowest BCUT2D eigenvalue weighted by Crippen LogP contribution is -2.47. The number of hydrogen-bond acceptors (Lipinski definition) is 5. The number of nitrogens with one attached hydrogen (secondary N) is 1. The Morgan fingerprint density at radius 1 is 1.14 bits per heavy atom. The van der Waals surface area contributed by atoms with Gasteiger partial charge in [-0.2, -0.15) is 4.98 Å². The Balaban J connectivity index is 1.50. The molecule has 1 aromatic carbocycles. The quantitative estimate of drug-likeness (QED) is 0.762. The van der Waals surface area contributed by atoms with Crippen LogP contribution in [0.4, 0.5) is 0 Å². The minimum Gasteiger partial charge on any atom is -0.353 e. The number of carbonyl (C=O) groups is 1. The number of carbonyl (C=O) groups excluding carboxylic acids is 1. The van der Waals surface area contributed by atoms with Gasteiger partial charge in [-0.05, 0) is 44.7 Å². The van der Waals surface area contributed by atoms with E-state index in [4.69, 9.17) is 4.52 Å². The van der Waals surface area contributed by atoms with E-state index in [1.165, 1.54) is 5.56 Å². The first-order chi connectivity index (χ1) is 13.8. The molecule has 2 aromatic rings. The molecular weight excluding hydrogens is 364 g/mol. The average Bonchev–Trinajstić information content (AvgIpc) is 3.15. The molecule has 1 saturated heterocycles. The number of nitrogens with zero attached hydrogens (tertiary/aromatic N) is 3. The zero-order valence-corrected chi connectivity index (χ0v) is 18.3. The number of aryl methyl sites for hydroxylation is 1. The Morgan fingerprint density at radius 3 is 2.34 bits per heavy atom. The molecular formula is C23H34N4O2. The smallest absolute Gasteiger partial charge is 0.241 e. The second-order valence-corrected chi connectivity index (χ2v) is 8.95. The van der Waals surface area contributed by atoms with Gasteiger partial charge in [-0.25, -0.2) is 0 Å². The summed E-state index contributed by atoms with van der Waals surface area (Å²) in [5, 5.41) is 7.39. The van der Waals surface area contributed by atoms with Crippen molar-refractivity contribution in [1.82, 2.24) is 20.4 Å². The first kappa shape index (κ1) is 21.5. The van der Waals surface area contributed by atoms with Crippen molar-refractivity contribution in [2.75, 3.05) is 13.1 Å². The Hall–Kier alpha value is -2.21. The number of piperidine rings is 1. The molecule has 0 bridgehead atoms. The lowest BCUT2D eigenvalue weighted by molar-refractivity contribution is -0.127. The Labute approximate surface area is 174 Å². The van der Waals surface area contributed by atoms with Gasteiger partial charge in [0.1, 0.15) is 0 Å². The van der Waals surface area contributed by atoms with Gasteiger partial charge in [-0.1, -0.05) is 62.7 Å². The van der Waals surface area contributed by atoms with E-state index in [2.05, 4.69) is 55.0 Å². The molecule has 0 aliphatic carbocycles. The third-order valence-corrected chi connectivity index (χ3v) is 5.84. The summed E-state index contributed by atoms with van der Waals surface area (Å²) < 4.78 is 5.45. The van der Waals surface area contributed by atoms with E-state index in [0.717, 1.165) is 31.5 Å². The standard InChI is InChI=1S/C23H34N4O2/c1-15(2)21(16(3)4)25-23(28)19-10-12-27(13-11-19)14-20-24-22(26-29-20)18-8-6-17(5)7-9-18/h6-9,15-16,19,21H,10-14H2,1-5H3,(H,25,28). The van der Waals surface area contributed by atoms with Crippen LogP contribution in [0.25, 0.3) is 11.4 Å². The Bertz CT molecular complexity index is 781. The molecule has 1 fully saturated rings. The van der Waals surface area contributed by atoms with Crippen molar-refractivity contribution in [3.8, 4) is 11.4 Å². The van der Waals surface area contributed by atoms with Gasteiger partial charge in [0.25, 0.3) is 0 Å². The summed E-state index contributed by atoms with van der Waals surface area (Å²) in [5.74, 6) is 2.44. The minimum absolute atomic E-state index is 0.0945. The van der Waals surface area contributed by atoms with Crippen molar-refractivity contribution in [1.29, 1.82) is 0 Å². The number of aromatic nitrogens is 2. The van der Waals surface area contributed by atoms with E-state index in [1.807, 2.05) is 24.3 Å². The van der Waals surface area contributed by atoms with Crippen LogP contribution in [-0.2, 0) is 11.3 Å². The molecule has 3 rings (SSSR count). The van der Waals surface area contributed by atoms with Crippen LogP contribution in [0.1, 0.15) is 52.0 Å². The molecule has 0 unspecified atom stereocenters. The van der Waals surface area contributed by atoms with Crippen molar-refractivity contribution >= 4 is 5.91 Å². The third kappa shape index (κ3) is 5.66. The Morgan fingerprint density at radius 2 is 1.76 bits per heavy atom. The highest BCUT2D eigenvalue weighted by atomic mass is 16.5. The SMILES string of the molecule is Cc1ccc(-c2noc(CN3CCC(C(=O)NC(C(C)C)C(C)C)CC3)n2)cc1. The predicted octanol–water partition coefficient (Wildman–Crippen LogP) is 4.05. The predicted molar refractivity (Wildman–Crippen MR) is 114 cm³/mol. The van der Waals surface area contributed by atoms with Gasteiger partial charge >= 0.3 is 0 Å². The first-order valence-electron chi connectivity index (χ1n) is 10.8. The maximum absolute atomic E-state index is 12.7. The number of rotatable bonds is 7. The van der Waals surface area contributed by atoms with Crippen LogP contribution in [-0.4, -0.2) is 40.1 Å². The molecule has 29 heavy (non-hydrogen) atoms. The molecule has 6 nitrogen and oxygen atoms in total. The molecule has 0 radical (unpaired) electrons. The van der Waals surface area contributed by atoms with E-state index in [-0.39, 0.29) is 17.9 Å². The van der Waals surface area contributed by atoms with Crippen molar-refractivity contribution in [2.24, 2.45) is 17.8 Å². The third-order valence-electron chi connectivity index (χ3n) is 5.84. The van der Waals surface area contributed by atoms with E-state index in [1.54, 1.807) is 0 Å². The van der Waals surface area contributed by atoms with E-state index in [9.17, 15) is 4.79 Å². The van der Waals surface area contributed by atoms with Crippen LogP contribution in [0.2, 0.25) is 0 Å². The van der Waals surface area contributed by atoms with Gasteiger partial charge in [-0.3, -0.25) is 9.69 Å². The molecule has 1 aliphatic rings. The molecule has 0 spiro atoms. The largest absolute Gasteiger partial charge is 0.353 e.